The van der Waals surface area contributed by atoms with E-state index < -0.39 is 28.5 Å². The number of amides is 1. The van der Waals surface area contributed by atoms with Crippen LogP contribution in [0.15, 0.2) is 28.5 Å². The van der Waals surface area contributed by atoms with Crippen molar-refractivity contribution in [2.45, 2.75) is 11.8 Å². The maximum atomic E-state index is 11.9. The first-order valence-corrected chi connectivity index (χ1v) is 9.80. The molecule has 0 aliphatic rings. The summed E-state index contributed by atoms with van der Waals surface area (Å²) in [4.78, 5) is 23.9. The van der Waals surface area contributed by atoms with E-state index in [0.29, 0.717) is 4.88 Å². The maximum Gasteiger partial charge on any atom is 0.349 e. The van der Waals surface area contributed by atoms with Gasteiger partial charge in [-0.05, 0) is 36.1 Å². The second-order valence-corrected chi connectivity index (χ2v) is 8.16. The summed E-state index contributed by atoms with van der Waals surface area (Å²) in [5, 5.41) is 8.85. The maximum absolute atomic E-state index is 11.9. The van der Waals surface area contributed by atoms with Gasteiger partial charge in [0, 0.05) is 0 Å². The molecular formula is C14H12Cl2N2O5S2. The van der Waals surface area contributed by atoms with Gasteiger partial charge in [0.15, 0.2) is 6.61 Å². The number of halogens is 2. The van der Waals surface area contributed by atoms with Crippen molar-refractivity contribution in [3.8, 4) is 0 Å². The molecule has 0 saturated heterocycles. The van der Waals surface area contributed by atoms with E-state index in [0.717, 1.165) is 17.7 Å². The van der Waals surface area contributed by atoms with Gasteiger partial charge in [-0.2, -0.15) is 0 Å². The van der Waals surface area contributed by atoms with Crippen molar-refractivity contribution in [3.05, 3.63) is 44.1 Å². The van der Waals surface area contributed by atoms with Gasteiger partial charge in [0.2, 0.25) is 10.0 Å². The third kappa shape index (κ3) is 4.93. The molecule has 2 rings (SSSR count). The Balaban J connectivity index is 2.06. The normalized spacial score (nSPS) is 11.2. The van der Waals surface area contributed by atoms with Gasteiger partial charge in [0.1, 0.15) is 4.88 Å². The van der Waals surface area contributed by atoms with Crippen molar-refractivity contribution in [2.75, 3.05) is 11.9 Å². The fourth-order valence-electron chi connectivity index (χ4n) is 1.79. The number of thiophene rings is 1. The lowest BCUT2D eigenvalue weighted by Gasteiger charge is -2.11. The zero-order chi connectivity index (χ0) is 18.8. The van der Waals surface area contributed by atoms with Crippen LogP contribution in [0.1, 0.15) is 15.2 Å². The zero-order valence-corrected chi connectivity index (χ0v) is 15.9. The van der Waals surface area contributed by atoms with Crippen LogP contribution in [0.4, 0.5) is 5.69 Å². The number of carbonyl (C=O) groups excluding carboxylic acids is 2. The summed E-state index contributed by atoms with van der Waals surface area (Å²) in [5.74, 6) is -1.31. The number of esters is 1. The summed E-state index contributed by atoms with van der Waals surface area (Å²) < 4.78 is 27.5. The third-order valence-electron chi connectivity index (χ3n) is 2.99. The van der Waals surface area contributed by atoms with Crippen molar-refractivity contribution < 1.29 is 22.7 Å². The van der Waals surface area contributed by atoms with Crippen LogP contribution in [0.2, 0.25) is 10.0 Å². The number of ether oxygens (including phenoxy) is 1. The molecule has 0 saturated carbocycles. The van der Waals surface area contributed by atoms with Gasteiger partial charge in [-0.15, -0.1) is 11.3 Å². The van der Waals surface area contributed by atoms with Gasteiger partial charge in [-0.1, -0.05) is 23.2 Å². The average molecular weight is 423 g/mol. The van der Waals surface area contributed by atoms with E-state index in [1.807, 2.05) is 0 Å². The van der Waals surface area contributed by atoms with Crippen molar-refractivity contribution >= 4 is 62.1 Å². The molecule has 2 aromatic rings. The predicted octanol–water partition coefficient (Wildman–Crippen LogP) is 2.81. The predicted molar refractivity (Wildman–Crippen MR) is 95.8 cm³/mol. The fourth-order valence-corrected chi connectivity index (χ4v) is 3.88. The number of hydrogen-bond acceptors (Lipinski definition) is 6. The Morgan fingerprint density at radius 3 is 2.36 bits per heavy atom. The molecule has 0 unspecified atom stereocenters. The molecule has 1 aromatic carbocycles. The number of carbonyl (C=O) groups is 2. The molecule has 1 aromatic heterocycles. The van der Waals surface area contributed by atoms with Crippen LogP contribution >= 0.6 is 34.5 Å². The topological polar surface area (TPSA) is 116 Å². The van der Waals surface area contributed by atoms with Crippen molar-refractivity contribution in [3.63, 3.8) is 0 Å². The zero-order valence-electron chi connectivity index (χ0n) is 12.7. The molecule has 1 heterocycles. The number of primary sulfonamides is 1. The van der Waals surface area contributed by atoms with Crippen LogP contribution in [-0.4, -0.2) is 26.9 Å². The monoisotopic (exact) mass is 422 g/mol. The Hall–Kier alpha value is -1.65. The highest BCUT2D eigenvalue weighted by molar-refractivity contribution is 7.89. The molecule has 25 heavy (non-hydrogen) atoms. The summed E-state index contributed by atoms with van der Waals surface area (Å²) in [6.45, 7) is 1.19. The van der Waals surface area contributed by atoms with Gasteiger partial charge >= 0.3 is 5.97 Å². The Labute approximate surface area is 157 Å². The van der Waals surface area contributed by atoms with Crippen LogP contribution in [0.25, 0.3) is 0 Å². The minimum Gasteiger partial charge on any atom is -0.451 e. The molecule has 0 spiro atoms. The van der Waals surface area contributed by atoms with Crippen LogP contribution < -0.4 is 10.5 Å². The van der Waals surface area contributed by atoms with E-state index in [-0.39, 0.29) is 20.6 Å². The second-order valence-electron chi connectivity index (χ2n) is 4.86. The Bertz CT molecular complexity index is 917. The lowest BCUT2D eigenvalue weighted by Crippen LogP contribution is -2.21. The number of anilines is 1. The summed E-state index contributed by atoms with van der Waals surface area (Å²) in [6, 6.07) is 3.87. The second kappa shape index (κ2) is 7.71. The third-order valence-corrected chi connectivity index (χ3v) is 5.48. The van der Waals surface area contributed by atoms with E-state index in [2.05, 4.69) is 5.32 Å². The van der Waals surface area contributed by atoms with E-state index >= 15 is 0 Å². The summed E-state index contributed by atoms with van der Waals surface area (Å²) in [5.41, 5.74) is 0.740. The lowest BCUT2D eigenvalue weighted by atomic mass is 10.3. The van der Waals surface area contributed by atoms with Crippen LogP contribution in [-0.2, 0) is 19.6 Å². The van der Waals surface area contributed by atoms with Crippen molar-refractivity contribution in [1.82, 2.24) is 0 Å². The van der Waals surface area contributed by atoms with Crippen LogP contribution in [0.3, 0.4) is 0 Å². The van der Waals surface area contributed by atoms with Gasteiger partial charge in [-0.25, -0.2) is 18.4 Å². The molecular weight excluding hydrogens is 411 g/mol. The number of benzene rings is 1. The summed E-state index contributed by atoms with van der Waals surface area (Å²) >= 11 is 13.1. The van der Waals surface area contributed by atoms with Crippen LogP contribution in [0.5, 0.6) is 0 Å². The molecule has 0 aliphatic carbocycles. The number of sulfonamides is 1. The molecule has 3 N–H and O–H groups in total. The highest BCUT2D eigenvalue weighted by atomic mass is 35.5. The smallest absolute Gasteiger partial charge is 0.349 e. The minimum atomic E-state index is -3.99. The quantitative estimate of drug-likeness (QED) is 0.718. The first-order chi connectivity index (χ1) is 11.6. The molecule has 1 amide bonds. The number of hydrogen-bond donors (Lipinski definition) is 2. The first-order valence-electron chi connectivity index (χ1n) is 6.62. The molecule has 0 bridgehead atoms. The van der Waals surface area contributed by atoms with Gasteiger partial charge in [0.25, 0.3) is 5.91 Å². The standard InChI is InChI=1S/C14H12Cl2N2O5S2/c1-7-2-3-24-13(7)14(20)23-6-11(19)18-12-9(15)4-8(5-10(12)16)25(17,21)22/h2-5H,6H2,1H3,(H,18,19)(H2,17,21,22). The summed E-state index contributed by atoms with van der Waals surface area (Å²) in [7, 11) is -3.99. The number of nitrogens with two attached hydrogens (primary N) is 1. The van der Waals surface area contributed by atoms with Gasteiger partial charge < -0.3 is 10.1 Å². The molecule has 0 aliphatic heterocycles. The lowest BCUT2D eigenvalue weighted by molar-refractivity contribution is -0.119. The highest BCUT2D eigenvalue weighted by Gasteiger charge is 2.18. The molecule has 11 heteroatoms. The SMILES string of the molecule is Cc1ccsc1C(=O)OCC(=O)Nc1c(Cl)cc(S(N)(=O)=O)cc1Cl. The Kier molecular flexibility index (Phi) is 6.07. The number of rotatable bonds is 5. The van der Waals surface area contributed by atoms with Crippen molar-refractivity contribution in [2.24, 2.45) is 5.14 Å². The van der Waals surface area contributed by atoms with Crippen LogP contribution in [0, 0.1) is 6.92 Å². The van der Waals surface area contributed by atoms with E-state index in [1.165, 1.54) is 11.3 Å². The van der Waals surface area contributed by atoms with E-state index in [4.69, 9.17) is 33.1 Å². The van der Waals surface area contributed by atoms with E-state index in [1.54, 1.807) is 18.4 Å². The minimum absolute atomic E-state index is 0.0101. The van der Waals surface area contributed by atoms with E-state index in [9.17, 15) is 18.0 Å². The Morgan fingerprint density at radius 2 is 1.88 bits per heavy atom. The average Bonchev–Trinajstić information content (AvgIpc) is 2.93. The van der Waals surface area contributed by atoms with Gasteiger partial charge in [0.05, 0.1) is 20.6 Å². The molecule has 0 radical (unpaired) electrons. The first kappa shape index (κ1) is 19.7. The highest BCUT2D eigenvalue weighted by Crippen LogP contribution is 2.33. The summed E-state index contributed by atoms with van der Waals surface area (Å²) in [6.07, 6.45) is 0. The van der Waals surface area contributed by atoms with Gasteiger partial charge in [-0.3, -0.25) is 4.79 Å². The molecule has 7 nitrogen and oxygen atoms in total. The molecule has 134 valence electrons. The number of aryl methyl sites for hydroxylation is 1. The fraction of sp³-hybridized carbons (Fsp3) is 0.143. The van der Waals surface area contributed by atoms with Crippen molar-refractivity contribution in [1.29, 1.82) is 0 Å². The largest absolute Gasteiger partial charge is 0.451 e. The molecule has 0 atom stereocenters. The number of nitrogens with one attached hydrogen (secondary N) is 1. The molecule has 0 fully saturated rings. The Morgan fingerprint density at radius 1 is 1.28 bits per heavy atom.